The van der Waals surface area contributed by atoms with Crippen LogP contribution >= 0.6 is 0 Å². The topological polar surface area (TPSA) is 58.4 Å². The van der Waals surface area contributed by atoms with Gasteiger partial charge in [-0.1, -0.05) is 19.8 Å². The van der Waals surface area contributed by atoms with Crippen LogP contribution in [0.1, 0.15) is 58.3 Å². The van der Waals surface area contributed by atoms with Crippen LogP contribution in [0.5, 0.6) is 0 Å². The zero-order valence-corrected chi connectivity index (χ0v) is 12.2. The summed E-state index contributed by atoms with van der Waals surface area (Å²) in [6.07, 6.45) is 9.80. The van der Waals surface area contributed by atoms with Crippen LogP contribution in [0.25, 0.3) is 0 Å². The highest BCUT2D eigenvalue weighted by Gasteiger charge is 2.28. The summed E-state index contributed by atoms with van der Waals surface area (Å²) in [5.41, 5.74) is 5.51. The third-order valence-electron chi connectivity index (χ3n) is 4.53. The van der Waals surface area contributed by atoms with Crippen molar-refractivity contribution in [2.24, 2.45) is 5.73 Å². The maximum atomic E-state index is 11.5. The predicted octanol–water partition coefficient (Wildman–Crippen LogP) is 1.64. The van der Waals surface area contributed by atoms with Crippen molar-refractivity contribution < 1.29 is 4.79 Å². The lowest BCUT2D eigenvalue weighted by atomic mass is 10.1. The molecule has 0 bridgehead atoms. The van der Waals surface area contributed by atoms with Crippen molar-refractivity contribution in [1.29, 1.82) is 0 Å². The highest BCUT2D eigenvalue weighted by molar-refractivity contribution is 5.79. The van der Waals surface area contributed by atoms with Crippen LogP contribution < -0.4 is 11.1 Å². The molecule has 0 aromatic heterocycles. The molecule has 2 aliphatic rings. The number of primary amides is 1. The van der Waals surface area contributed by atoms with Crippen LogP contribution in [0.2, 0.25) is 0 Å². The lowest BCUT2D eigenvalue weighted by Crippen LogP contribution is -2.45. The molecule has 1 aliphatic heterocycles. The van der Waals surface area contributed by atoms with Gasteiger partial charge in [-0.3, -0.25) is 4.79 Å². The number of carbonyl (C=O) groups is 1. The van der Waals surface area contributed by atoms with Gasteiger partial charge in [-0.2, -0.15) is 0 Å². The molecule has 0 aromatic carbocycles. The summed E-state index contributed by atoms with van der Waals surface area (Å²) >= 11 is 0. The Labute approximate surface area is 117 Å². The van der Waals surface area contributed by atoms with E-state index in [9.17, 15) is 4.79 Å². The fourth-order valence-corrected chi connectivity index (χ4v) is 3.13. The first-order valence-electron chi connectivity index (χ1n) is 8.00. The second-order valence-corrected chi connectivity index (χ2v) is 6.13. The van der Waals surface area contributed by atoms with Gasteiger partial charge in [0, 0.05) is 18.6 Å². The molecule has 2 fully saturated rings. The first-order valence-corrected chi connectivity index (χ1v) is 8.00. The molecule has 0 aromatic rings. The third kappa shape index (κ3) is 4.77. The van der Waals surface area contributed by atoms with E-state index in [-0.39, 0.29) is 11.9 Å². The fraction of sp³-hybridized carbons (Fsp3) is 0.933. The maximum Gasteiger partial charge on any atom is 0.234 e. The summed E-state index contributed by atoms with van der Waals surface area (Å²) < 4.78 is 0. The summed E-state index contributed by atoms with van der Waals surface area (Å²) in [5, 5.41) is 3.38. The minimum Gasteiger partial charge on any atom is -0.368 e. The van der Waals surface area contributed by atoms with E-state index in [4.69, 9.17) is 5.73 Å². The molecule has 4 heteroatoms. The molecule has 1 saturated heterocycles. The highest BCUT2D eigenvalue weighted by atomic mass is 16.1. The van der Waals surface area contributed by atoms with Crippen molar-refractivity contribution in [3.63, 3.8) is 0 Å². The van der Waals surface area contributed by atoms with Crippen LogP contribution in [0, 0.1) is 0 Å². The summed E-state index contributed by atoms with van der Waals surface area (Å²) in [4.78, 5) is 14.1. The van der Waals surface area contributed by atoms with Crippen molar-refractivity contribution >= 4 is 5.91 Å². The number of carbonyl (C=O) groups excluding carboxylic acids is 1. The highest BCUT2D eigenvalue weighted by Crippen LogP contribution is 2.22. The molecule has 1 amide bonds. The summed E-state index contributed by atoms with van der Waals surface area (Å²) in [7, 11) is 0. The van der Waals surface area contributed by atoms with Crippen LogP contribution in [0.15, 0.2) is 0 Å². The van der Waals surface area contributed by atoms with Crippen molar-refractivity contribution in [2.75, 3.05) is 13.1 Å². The summed E-state index contributed by atoms with van der Waals surface area (Å²) in [6.45, 7) is 4.47. The monoisotopic (exact) mass is 267 g/mol. The molecule has 3 N–H and O–H groups in total. The predicted molar refractivity (Wildman–Crippen MR) is 77.9 cm³/mol. The van der Waals surface area contributed by atoms with E-state index in [2.05, 4.69) is 17.1 Å². The second kappa shape index (κ2) is 7.25. The van der Waals surface area contributed by atoms with Gasteiger partial charge in [0.05, 0.1) is 6.04 Å². The number of hydrogen-bond acceptors (Lipinski definition) is 3. The van der Waals surface area contributed by atoms with Crippen molar-refractivity contribution in [3.8, 4) is 0 Å². The fourth-order valence-electron chi connectivity index (χ4n) is 3.13. The van der Waals surface area contributed by atoms with Crippen molar-refractivity contribution in [1.82, 2.24) is 10.2 Å². The molecular formula is C15H29N3O. The van der Waals surface area contributed by atoms with Gasteiger partial charge >= 0.3 is 0 Å². The lowest BCUT2D eigenvalue weighted by Gasteiger charge is -2.30. The molecular weight excluding hydrogens is 238 g/mol. The molecule has 0 spiro atoms. The Bertz CT molecular complexity index is 291. The summed E-state index contributed by atoms with van der Waals surface area (Å²) in [5.74, 6) is -0.185. The third-order valence-corrected chi connectivity index (χ3v) is 4.53. The number of rotatable bonds is 7. The van der Waals surface area contributed by atoms with Gasteiger partial charge < -0.3 is 16.0 Å². The SMILES string of the molecule is CCC1CCCCCN1CCC(NC1CC1)C(N)=O. The normalized spacial score (nSPS) is 26.9. The van der Waals surface area contributed by atoms with E-state index in [0.717, 1.165) is 13.0 Å². The molecule has 19 heavy (non-hydrogen) atoms. The molecule has 2 rings (SSSR count). The van der Waals surface area contributed by atoms with E-state index in [1.165, 1.54) is 51.5 Å². The summed E-state index contributed by atoms with van der Waals surface area (Å²) in [6, 6.07) is 1.12. The van der Waals surface area contributed by atoms with Gasteiger partial charge in [-0.15, -0.1) is 0 Å². The number of nitrogens with zero attached hydrogens (tertiary/aromatic N) is 1. The number of nitrogens with two attached hydrogens (primary N) is 1. The zero-order valence-electron chi connectivity index (χ0n) is 12.2. The Morgan fingerprint density at radius 1 is 1.32 bits per heavy atom. The van der Waals surface area contributed by atoms with E-state index in [1.54, 1.807) is 0 Å². The van der Waals surface area contributed by atoms with Crippen LogP contribution in [-0.2, 0) is 4.79 Å². The first kappa shape index (κ1) is 14.8. The molecule has 4 nitrogen and oxygen atoms in total. The minimum absolute atomic E-state index is 0.131. The smallest absolute Gasteiger partial charge is 0.234 e. The molecule has 1 aliphatic carbocycles. The Balaban J connectivity index is 1.81. The van der Waals surface area contributed by atoms with Gasteiger partial charge in [-0.25, -0.2) is 0 Å². The largest absolute Gasteiger partial charge is 0.368 e. The molecule has 2 atom stereocenters. The molecule has 110 valence electrons. The van der Waals surface area contributed by atoms with Crippen molar-refractivity contribution in [3.05, 3.63) is 0 Å². The van der Waals surface area contributed by atoms with Gasteiger partial charge in [0.25, 0.3) is 0 Å². The van der Waals surface area contributed by atoms with Gasteiger partial charge in [0.1, 0.15) is 0 Å². The Morgan fingerprint density at radius 3 is 2.74 bits per heavy atom. The quantitative estimate of drug-likeness (QED) is 0.737. The Morgan fingerprint density at radius 2 is 2.11 bits per heavy atom. The number of amides is 1. The van der Waals surface area contributed by atoms with Crippen LogP contribution in [0.3, 0.4) is 0 Å². The van der Waals surface area contributed by atoms with E-state index in [1.807, 2.05) is 0 Å². The van der Waals surface area contributed by atoms with E-state index >= 15 is 0 Å². The van der Waals surface area contributed by atoms with Crippen molar-refractivity contribution in [2.45, 2.75) is 76.4 Å². The van der Waals surface area contributed by atoms with Gasteiger partial charge in [-0.05, 0) is 45.1 Å². The number of likely N-dealkylation sites (tertiary alicyclic amines) is 1. The maximum absolute atomic E-state index is 11.5. The van der Waals surface area contributed by atoms with Crippen LogP contribution in [0.4, 0.5) is 0 Å². The lowest BCUT2D eigenvalue weighted by molar-refractivity contribution is -0.120. The van der Waals surface area contributed by atoms with Gasteiger partial charge in [0.2, 0.25) is 5.91 Å². The Kier molecular flexibility index (Phi) is 5.64. The number of hydrogen-bond donors (Lipinski definition) is 2. The van der Waals surface area contributed by atoms with Gasteiger partial charge in [0.15, 0.2) is 0 Å². The molecule has 2 unspecified atom stereocenters. The molecule has 1 heterocycles. The average Bonchev–Trinajstić information content (AvgIpc) is 3.21. The first-order chi connectivity index (χ1) is 9.20. The molecule has 0 radical (unpaired) electrons. The van der Waals surface area contributed by atoms with E-state index < -0.39 is 0 Å². The van der Waals surface area contributed by atoms with E-state index in [0.29, 0.717) is 12.1 Å². The minimum atomic E-state index is -0.185. The zero-order chi connectivity index (χ0) is 13.7. The standard InChI is InChI=1S/C15H29N3O/c1-2-13-6-4-3-5-10-18(13)11-9-14(15(16)19)17-12-7-8-12/h12-14,17H,2-11H2,1H3,(H2,16,19). The average molecular weight is 267 g/mol. The second-order valence-electron chi connectivity index (χ2n) is 6.13. The Hall–Kier alpha value is -0.610. The number of nitrogens with one attached hydrogen (secondary N) is 1. The molecule has 1 saturated carbocycles. The van der Waals surface area contributed by atoms with Crippen LogP contribution in [-0.4, -0.2) is 42.0 Å².